The van der Waals surface area contributed by atoms with E-state index in [1.165, 1.54) is 19.2 Å². The number of carbonyl (C=O) groups is 2. The van der Waals surface area contributed by atoms with Crippen LogP contribution < -0.4 is 0 Å². The largest absolute Gasteiger partial charge is 0.444 e. The fourth-order valence-electron chi connectivity index (χ4n) is 1.37. The Kier molecular flexibility index (Phi) is 4.58. The molecule has 1 aromatic heterocycles. The molecule has 0 aliphatic heterocycles. The predicted octanol–water partition coefficient (Wildman–Crippen LogP) is 2.33. The average molecular weight is 268 g/mol. The second-order valence-electron chi connectivity index (χ2n) is 5.07. The van der Waals surface area contributed by atoms with Crippen molar-refractivity contribution in [2.24, 2.45) is 0 Å². The number of rotatable bonds is 3. The number of amides is 1. The van der Waals surface area contributed by atoms with E-state index in [0.29, 0.717) is 6.29 Å². The third-order valence-electron chi connectivity index (χ3n) is 2.28. The Labute approximate surface area is 111 Å². The number of nitrogens with zero attached hydrogens (tertiary/aromatic N) is 2. The normalized spacial score (nSPS) is 12.7. The van der Waals surface area contributed by atoms with Crippen molar-refractivity contribution in [3.05, 3.63) is 29.8 Å². The van der Waals surface area contributed by atoms with Crippen molar-refractivity contribution < 1.29 is 18.7 Å². The molecule has 0 radical (unpaired) electrons. The molecule has 0 fully saturated rings. The van der Waals surface area contributed by atoms with Crippen molar-refractivity contribution in [1.29, 1.82) is 0 Å². The smallest absolute Gasteiger partial charge is 0.410 e. The number of carbonyl (C=O) groups excluding carboxylic acids is 2. The first-order valence-corrected chi connectivity index (χ1v) is 5.77. The van der Waals surface area contributed by atoms with Crippen molar-refractivity contribution in [3.8, 4) is 0 Å². The molecule has 5 nitrogen and oxygen atoms in total. The summed E-state index contributed by atoms with van der Waals surface area (Å²) in [5.74, 6) is -0.506. The number of halogens is 1. The van der Waals surface area contributed by atoms with Crippen LogP contribution in [0.3, 0.4) is 0 Å². The summed E-state index contributed by atoms with van der Waals surface area (Å²) in [5.41, 5.74) is -0.376. The lowest BCUT2D eigenvalue weighted by Gasteiger charge is -2.27. The Morgan fingerprint density at radius 2 is 2.11 bits per heavy atom. The van der Waals surface area contributed by atoms with Gasteiger partial charge >= 0.3 is 6.09 Å². The van der Waals surface area contributed by atoms with Crippen LogP contribution in [0.5, 0.6) is 0 Å². The van der Waals surface area contributed by atoms with E-state index in [2.05, 4.69) is 4.98 Å². The van der Waals surface area contributed by atoms with Gasteiger partial charge in [-0.05, 0) is 32.9 Å². The molecule has 0 saturated heterocycles. The number of hydrogen-bond donors (Lipinski definition) is 0. The Hall–Kier alpha value is -1.98. The van der Waals surface area contributed by atoms with E-state index in [-0.39, 0.29) is 5.69 Å². The van der Waals surface area contributed by atoms with Crippen LogP contribution in [0, 0.1) is 5.82 Å². The van der Waals surface area contributed by atoms with Crippen molar-refractivity contribution in [2.45, 2.75) is 32.4 Å². The van der Waals surface area contributed by atoms with Crippen molar-refractivity contribution >= 4 is 12.4 Å². The Morgan fingerprint density at radius 3 is 2.53 bits per heavy atom. The first-order valence-electron chi connectivity index (χ1n) is 5.77. The molecule has 1 heterocycles. The molecule has 0 N–H and O–H groups in total. The highest BCUT2D eigenvalue weighted by Gasteiger charge is 2.26. The average Bonchev–Trinajstić information content (AvgIpc) is 2.30. The second kappa shape index (κ2) is 5.77. The van der Waals surface area contributed by atoms with Crippen LogP contribution in [-0.4, -0.2) is 34.9 Å². The molecule has 0 bridgehead atoms. The van der Waals surface area contributed by atoms with Gasteiger partial charge in [0.15, 0.2) is 0 Å². The monoisotopic (exact) mass is 268 g/mol. The van der Waals surface area contributed by atoms with Gasteiger partial charge in [0.1, 0.15) is 23.7 Å². The summed E-state index contributed by atoms with van der Waals surface area (Å²) in [5, 5.41) is 0. The molecule has 1 rings (SSSR count). The zero-order valence-corrected chi connectivity index (χ0v) is 11.4. The van der Waals surface area contributed by atoms with E-state index in [0.717, 1.165) is 11.1 Å². The summed E-state index contributed by atoms with van der Waals surface area (Å²) in [6.45, 7) is 5.18. The number of likely N-dealkylation sites (N-methyl/N-ethyl adjacent to an activating group) is 1. The molecule has 0 saturated carbocycles. The number of hydrogen-bond acceptors (Lipinski definition) is 4. The molecular formula is C13H17FN2O3. The lowest BCUT2D eigenvalue weighted by molar-refractivity contribution is -0.112. The summed E-state index contributed by atoms with van der Waals surface area (Å²) in [6.07, 6.45) is 0.912. The van der Waals surface area contributed by atoms with Crippen LogP contribution in [-0.2, 0) is 9.53 Å². The van der Waals surface area contributed by atoms with Gasteiger partial charge in [0.25, 0.3) is 0 Å². The summed E-state index contributed by atoms with van der Waals surface area (Å²) in [6, 6.07) is 1.63. The Morgan fingerprint density at radius 1 is 1.47 bits per heavy atom. The number of pyridine rings is 1. The SMILES string of the molecule is CN(C(=O)OC(C)(C)C)C(C=O)c1ccc(F)cn1. The minimum Gasteiger partial charge on any atom is -0.444 e. The maximum absolute atomic E-state index is 12.8. The standard InChI is InChI=1S/C13H17FN2O3/c1-13(2,3)19-12(18)16(4)11(8-17)10-6-5-9(14)7-15-10/h5-8,11H,1-4H3. The topological polar surface area (TPSA) is 59.5 Å². The molecule has 1 unspecified atom stereocenters. The number of aromatic nitrogens is 1. The van der Waals surface area contributed by atoms with E-state index >= 15 is 0 Å². The first kappa shape index (κ1) is 15.1. The quantitative estimate of drug-likeness (QED) is 0.789. The highest BCUT2D eigenvalue weighted by molar-refractivity contribution is 5.74. The molecule has 104 valence electrons. The predicted molar refractivity (Wildman–Crippen MR) is 67.0 cm³/mol. The molecule has 1 amide bonds. The lowest BCUT2D eigenvalue weighted by atomic mass is 10.2. The van der Waals surface area contributed by atoms with Gasteiger partial charge in [0.05, 0.1) is 11.9 Å². The lowest BCUT2D eigenvalue weighted by Crippen LogP contribution is -2.37. The number of ether oxygens (including phenoxy) is 1. The van der Waals surface area contributed by atoms with Crippen molar-refractivity contribution in [1.82, 2.24) is 9.88 Å². The molecule has 1 atom stereocenters. The van der Waals surface area contributed by atoms with E-state index in [4.69, 9.17) is 4.74 Å². The van der Waals surface area contributed by atoms with Crippen molar-refractivity contribution in [3.63, 3.8) is 0 Å². The molecule has 0 aliphatic carbocycles. The van der Waals surface area contributed by atoms with Gasteiger partial charge in [-0.15, -0.1) is 0 Å². The second-order valence-corrected chi connectivity index (χ2v) is 5.07. The van der Waals surface area contributed by atoms with E-state index < -0.39 is 23.6 Å². The maximum Gasteiger partial charge on any atom is 0.410 e. The number of aldehydes is 1. The van der Waals surface area contributed by atoms with Gasteiger partial charge in [-0.3, -0.25) is 9.88 Å². The van der Waals surface area contributed by atoms with Crippen LogP contribution >= 0.6 is 0 Å². The van der Waals surface area contributed by atoms with Crippen molar-refractivity contribution in [2.75, 3.05) is 7.05 Å². The van der Waals surface area contributed by atoms with Gasteiger partial charge in [-0.25, -0.2) is 9.18 Å². The molecule has 0 spiro atoms. The zero-order chi connectivity index (χ0) is 14.6. The highest BCUT2D eigenvalue weighted by Crippen LogP contribution is 2.18. The van der Waals surface area contributed by atoms with E-state index in [9.17, 15) is 14.0 Å². The summed E-state index contributed by atoms with van der Waals surface area (Å²) in [4.78, 5) is 27.9. The molecule has 19 heavy (non-hydrogen) atoms. The molecule has 6 heteroatoms. The minimum atomic E-state index is -0.907. The van der Waals surface area contributed by atoms with Crippen LogP contribution in [0.15, 0.2) is 18.3 Å². The van der Waals surface area contributed by atoms with Gasteiger partial charge in [0.2, 0.25) is 0 Å². The fourth-order valence-corrected chi connectivity index (χ4v) is 1.37. The Balaban J connectivity index is 2.88. The van der Waals surface area contributed by atoms with Gasteiger partial charge < -0.3 is 9.53 Å². The van der Waals surface area contributed by atoms with Crippen LogP contribution in [0.1, 0.15) is 32.5 Å². The molecular weight excluding hydrogens is 251 g/mol. The molecule has 1 aromatic rings. The summed E-state index contributed by atoms with van der Waals surface area (Å²) >= 11 is 0. The Bertz CT molecular complexity index is 454. The molecule has 0 aromatic carbocycles. The van der Waals surface area contributed by atoms with Crippen LogP contribution in [0.2, 0.25) is 0 Å². The van der Waals surface area contributed by atoms with Gasteiger partial charge in [0, 0.05) is 7.05 Å². The zero-order valence-electron chi connectivity index (χ0n) is 11.4. The van der Waals surface area contributed by atoms with Gasteiger partial charge in [-0.1, -0.05) is 0 Å². The van der Waals surface area contributed by atoms with Gasteiger partial charge in [-0.2, -0.15) is 0 Å². The van der Waals surface area contributed by atoms with E-state index in [1.807, 2.05) is 0 Å². The minimum absolute atomic E-state index is 0.282. The third-order valence-corrected chi connectivity index (χ3v) is 2.28. The fraction of sp³-hybridized carbons (Fsp3) is 0.462. The van der Waals surface area contributed by atoms with Crippen LogP contribution in [0.25, 0.3) is 0 Å². The molecule has 0 aliphatic rings. The first-order chi connectivity index (χ1) is 8.74. The maximum atomic E-state index is 12.8. The summed E-state index contributed by atoms with van der Waals surface area (Å²) in [7, 11) is 1.43. The van der Waals surface area contributed by atoms with Crippen LogP contribution in [0.4, 0.5) is 9.18 Å². The van der Waals surface area contributed by atoms with E-state index in [1.54, 1.807) is 20.8 Å². The summed E-state index contributed by atoms with van der Waals surface area (Å²) < 4.78 is 17.9. The third kappa shape index (κ3) is 4.31. The highest BCUT2D eigenvalue weighted by atomic mass is 19.1.